The number of aryl methyl sites for hydroxylation is 3. The highest BCUT2D eigenvalue weighted by molar-refractivity contribution is 6.07. The average molecular weight is 314 g/mol. The Morgan fingerprint density at radius 3 is 2.91 bits per heavy atom. The van der Waals surface area contributed by atoms with Crippen molar-refractivity contribution in [2.45, 2.75) is 26.9 Å². The number of hydrogen-bond donors (Lipinski definition) is 1. The van der Waals surface area contributed by atoms with Gasteiger partial charge in [-0.1, -0.05) is 12.1 Å². The second-order valence-corrected chi connectivity index (χ2v) is 6.19. The average Bonchev–Trinajstić information content (AvgIpc) is 2.74. The van der Waals surface area contributed by atoms with Gasteiger partial charge in [0.05, 0.1) is 30.4 Å². The quantitative estimate of drug-likeness (QED) is 0.874. The van der Waals surface area contributed by atoms with Gasteiger partial charge in [0.25, 0.3) is 5.91 Å². The molecule has 1 atom stereocenters. The van der Waals surface area contributed by atoms with Crippen molar-refractivity contribution >= 4 is 16.8 Å². The number of pyridine rings is 1. The van der Waals surface area contributed by atoms with Gasteiger partial charge in [0.15, 0.2) is 0 Å². The normalized spacial score (nSPS) is 19.0. The van der Waals surface area contributed by atoms with E-state index in [0.29, 0.717) is 25.3 Å². The Morgan fingerprint density at radius 1 is 1.35 bits per heavy atom. The molecule has 1 N–H and O–H groups in total. The van der Waals surface area contributed by atoms with Gasteiger partial charge in [-0.3, -0.25) is 9.78 Å². The Labute approximate surface area is 135 Å². The SMILES string of the molecule is Cc1cc(C(=O)N2CCOC[C@@H](O)C2)c2ccc(C)c(C)c2n1. The van der Waals surface area contributed by atoms with Crippen molar-refractivity contribution in [3.8, 4) is 0 Å². The second-order valence-electron chi connectivity index (χ2n) is 6.19. The number of hydrogen-bond acceptors (Lipinski definition) is 4. The van der Waals surface area contributed by atoms with E-state index in [-0.39, 0.29) is 12.5 Å². The summed E-state index contributed by atoms with van der Waals surface area (Å²) in [5, 5.41) is 10.7. The Bertz CT molecular complexity index is 758. The van der Waals surface area contributed by atoms with Crippen molar-refractivity contribution in [1.29, 1.82) is 0 Å². The number of aliphatic hydroxyl groups excluding tert-OH is 1. The summed E-state index contributed by atoms with van der Waals surface area (Å²) in [5.41, 5.74) is 4.60. The number of carbonyl (C=O) groups is 1. The van der Waals surface area contributed by atoms with Crippen LogP contribution in [-0.4, -0.2) is 53.3 Å². The third kappa shape index (κ3) is 3.07. The fourth-order valence-electron chi connectivity index (χ4n) is 2.98. The Hall–Kier alpha value is -1.98. The number of nitrogens with zero attached hydrogens (tertiary/aromatic N) is 2. The summed E-state index contributed by atoms with van der Waals surface area (Å²) < 4.78 is 5.31. The van der Waals surface area contributed by atoms with Crippen LogP contribution in [0.2, 0.25) is 0 Å². The molecule has 0 aliphatic carbocycles. The fourth-order valence-corrected chi connectivity index (χ4v) is 2.98. The first-order valence-electron chi connectivity index (χ1n) is 7.90. The van der Waals surface area contributed by atoms with Crippen LogP contribution in [0, 0.1) is 20.8 Å². The van der Waals surface area contributed by atoms with E-state index in [1.807, 2.05) is 39.0 Å². The van der Waals surface area contributed by atoms with Crippen LogP contribution in [0.5, 0.6) is 0 Å². The molecule has 0 bridgehead atoms. The smallest absolute Gasteiger partial charge is 0.254 e. The van der Waals surface area contributed by atoms with Crippen LogP contribution in [0.4, 0.5) is 0 Å². The van der Waals surface area contributed by atoms with E-state index in [1.54, 1.807) is 4.90 Å². The molecule has 2 aromatic rings. The monoisotopic (exact) mass is 314 g/mol. The molecular formula is C18H22N2O3. The Balaban J connectivity index is 2.08. The van der Waals surface area contributed by atoms with E-state index < -0.39 is 6.10 Å². The summed E-state index contributed by atoms with van der Waals surface area (Å²) in [6.07, 6.45) is -0.639. The predicted octanol–water partition coefficient (Wildman–Crippen LogP) is 1.99. The van der Waals surface area contributed by atoms with Crippen LogP contribution >= 0.6 is 0 Å². The number of aliphatic hydroxyl groups is 1. The summed E-state index contributed by atoms with van der Waals surface area (Å²) in [7, 11) is 0. The van der Waals surface area contributed by atoms with E-state index in [2.05, 4.69) is 4.98 Å². The van der Waals surface area contributed by atoms with Crippen LogP contribution in [0.15, 0.2) is 18.2 Å². The summed E-state index contributed by atoms with van der Waals surface area (Å²) in [6, 6.07) is 5.81. The molecule has 0 unspecified atom stereocenters. The number of β-amino-alcohol motifs (C(OH)–C–C–N with tert-alkyl or cyclic N) is 1. The molecule has 5 nitrogen and oxygen atoms in total. The minimum Gasteiger partial charge on any atom is -0.389 e. The highest BCUT2D eigenvalue weighted by Crippen LogP contribution is 2.25. The third-order valence-electron chi connectivity index (χ3n) is 4.40. The lowest BCUT2D eigenvalue weighted by Gasteiger charge is -2.22. The van der Waals surface area contributed by atoms with Gasteiger partial charge in [0.1, 0.15) is 0 Å². The molecule has 1 aromatic carbocycles. The molecule has 1 saturated heterocycles. The Kier molecular flexibility index (Phi) is 4.33. The van der Waals surface area contributed by atoms with E-state index in [9.17, 15) is 9.90 Å². The van der Waals surface area contributed by atoms with Crippen molar-refractivity contribution in [3.63, 3.8) is 0 Å². The Morgan fingerprint density at radius 2 is 2.13 bits per heavy atom. The molecule has 5 heteroatoms. The lowest BCUT2D eigenvalue weighted by atomic mass is 10.00. The number of rotatable bonds is 1. The topological polar surface area (TPSA) is 62.7 Å². The standard InChI is InChI=1S/C18H22N2O3/c1-11-4-5-15-16(8-12(2)19-17(15)13(11)3)18(22)20-6-7-23-10-14(21)9-20/h4-5,8,14,21H,6-7,9-10H2,1-3H3/t14-/m0/s1. The van der Waals surface area contributed by atoms with Gasteiger partial charge in [0, 0.05) is 24.2 Å². The molecule has 0 spiro atoms. The van der Waals surface area contributed by atoms with Crippen molar-refractivity contribution in [3.05, 3.63) is 40.6 Å². The van der Waals surface area contributed by atoms with Gasteiger partial charge in [-0.25, -0.2) is 0 Å². The third-order valence-corrected chi connectivity index (χ3v) is 4.40. The first-order valence-corrected chi connectivity index (χ1v) is 7.90. The number of carbonyl (C=O) groups excluding carboxylic acids is 1. The summed E-state index contributed by atoms with van der Waals surface area (Å²) >= 11 is 0. The van der Waals surface area contributed by atoms with Gasteiger partial charge in [-0.15, -0.1) is 0 Å². The van der Waals surface area contributed by atoms with Gasteiger partial charge in [0.2, 0.25) is 0 Å². The van der Waals surface area contributed by atoms with Crippen LogP contribution in [0.3, 0.4) is 0 Å². The van der Waals surface area contributed by atoms with Crippen molar-refractivity contribution in [1.82, 2.24) is 9.88 Å². The highest BCUT2D eigenvalue weighted by atomic mass is 16.5. The zero-order valence-electron chi connectivity index (χ0n) is 13.8. The zero-order chi connectivity index (χ0) is 16.6. The lowest BCUT2D eigenvalue weighted by molar-refractivity contribution is 0.0535. The van der Waals surface area contributed by atoms with Crippen LogP contribution in [0.25, 0.3) is 10.9 Å². The molecule has 1 aromatic heterocycles. The number of ether oxygens (including phenoxy) is 1. The molecule has 0 saturated carbocycles. The maximum Gasteiger partial charge on any atom is 0.254 e. The molecule has 1 aliphatic rings. The first kappa shape index (κ1) is 15.9. The van der Waals surface area contributed by atoms with Crippen LogP contribution < -0.4 is 0 Å². The van der Waals surface area contributed by atoms with E-state index in [4.69, 9.17) is 4.74 Å². The molecule has 2 heterocycles. The molecule has 23 heavy (non-hydrogen) atoms. The summed E-state index contributed by atoms with van der Waals surface area (Å²) in [5.74, 6) is -0.0756. The molecule has 3 rings (SSSR count). The minimum absolute atomic E-state index is 0.0756. The lowest BCUT2D eigenvalue weighted by Crippen LogP contribution is -2.37. The van der Waals surface area contributed by atoms with E-state index in [0.717, 1.165) is 27.7 Å². The minimum atomic E-state index is -0.639. The van der Waals surface area contributed by atoms with Crippen molar-refractivity contribution in [2.75, 3.05) is 26.3 Å². The van der Waals surface area contributed by atoms with Crippen molar-refractivity contribution in [2.24, 2.45) is 0 Å². The fraction of sp³-hybridized carbons (Fsp3) is 0.444. The molecule has 1 aliphatic heterocycles. The summed E-state index contributed by atoms with van der Waals surface area (Å²) in [6.45, 7) is 7.49. The molecule has 122 valence electrons. The van der Waals surface area contributed by atoms with Gasteiger partial charge in [-0.05, 0) is 38.0 Å². The van der Waals surface area contributed by atoms with Crippen molar-refractivity contribution < 1.29 is 14.6 Å². The molecular weight excluding hydrogens is 292 g/mol. The second kappa shape index (κ2) is 6.26. The van der Waals surface area contributed by atoms with Gasteiger partial charge < -0.3 is 14.7 Å². The van der Waals surface area contributed by atoms with Gasteiger partial charge >= 0.3 is 0 Å². The number of benzene rings is 1. The van der Waals surface area contributed by atoms with Crippen LogP contribution in [-0.2, 0) is 4.74 Å². The number of amides is 1. The number of fused-ring (bicyclic) bond motifs is 1. The maximum atomic E-state index is 13.0. The number of aromatic nitrogens is 1. The zero-order valence-corrected chi connectivity index (χ0v) is 13.8. The summed E-state index contributed by atoms with van der Waals surface area (Å²) in [4.78, 5) is 19.3. The highest BCUT2D eigenvalue weighted by Gasteiger charge is 2.24. The van der Waals surface area contributed by atoms with Crippen LogP contribution in [0.1, 0.15) is 27.2 Å². The van der Waals surface area contributed by atoms with E-state index >= 15 is 0 Å². The molecule has 0 radical (unpaired) electrons. The molecule has 1 amide bonds. The van der Waals surface area contributed by atoms with Gasteiger partial charge in [-0.2, -0.15) is 0 Å². The first-order chi connectivity index (χ1) is 11.0. The predicted molar refractivity (Wildman–Crippen MR) is 88.7 cm³/mol. The largest absolute Gasteiger partial charge is 0.389 e. The van der Waals surface area contributed by atoms with E-state index in [1.165, 1.54) is 0 Å². The maximum absolute atomic E-state index is 13.0. The molecule has 1 fully saturated rings.